The van der Waals surface area contributed by atoms with Gasteiger partial charge in [-0.2, -0.15) is 4.98 Å². The van der Waals surface area contributed by atoms with Crippen molar-refractivity contribution in [3.63, 3.8) is 0 Å². The van der Waals surface area contributed by atoms with Crippen LogP contribution < -0.4 is 22.1 Å². The number of fused-ring (bicyclic) bond motifs is 2. The van der Waals surface area contributed by atoms with E-state index in [1.54, 1.807) is 25.1 Å². The first kappa shape index (κ1) is 24.9. The molecule has 1 aliphatic carbocycles. The van der Waals surface area contributed by atoms with Gasteiger partial charge in [0.25, 0.3) is 17.6 Å². The van der Waals surface area contributed by atoms with Crippen molar-refractivity contribution in [2.75, 3.05) is 0 Å². The zero-order valence-corrected chi connectivity index (χ0v) is 20.9. The fraction of sp³-hybridized carbons (Fsp3) is 0.192. The highest BCUT2D eigenvalue weighted by atomic mass is 19.1. The normalized spacial score (nSPS) is 14.3. The minimum absolute atomic E-state index is 0.0346. The van der Waals surface area contributed by atoms with Gasteiger partial charge in [0, 0.05) is 18.2 Å². The number of amides is 2. The number of carbonyl (C=O) groups excluding carboxylic acids is 2. The van der Waals surface area contributed by atoms with Crippen molar-refractivity contribution < 1.29 is 18.5 Å². The van der Waals surface area contributed by atoms with Gasteiger partial charge in [0.15, 0.2) is 5.82 Å². The molecule has 0 saturated heterocycles. The van der Waals surface area contributed by atoms with Gasteiger partial charge in [0.05, 0.1) is 6.04 Å². The van der Waals surface area contributed by atoms with Gasteiger partial charge in [-0.15, -0.1) is 0 Å². The lowest BCUT2D eigenvalue weighted by atomic mass is 10.0. The quantitative estimate of drug-likeness (QED) is 0.248. The van der Waals surface area contributed by atoms with E-state index < -0.39 is 23.3 Å². The molecule has 14 heteroatoms. The van der Waals surface area contributed by atoms with Crippen molar-refractivity contribution in [2.24, 2.45) is 0 Å². The molecule has 0 unspecified atom stereocenters. The molecule has 202 valence electrons. The molecule has 13 nitrogen and oxygen atoms in total. The van der Waals surface area contributed by atoms with Gasteiger partial charge in [0.2, 0.25) is 0 Å². The fourth-order valence-corrected chi connectivity index (χ4v) is 4.76. The predicted molar refractivity (Wildman–Crippen MR) is 137 cm³/mol. The summed E-state index contributed by atoms with van der Waals surface area (Å²) < 4.78 is 19.3. The minimum Gasteiger partial charge on any atom is -0.347 e. The Morgan fingerprint density at radius 2 is 1.98 bits per heavy atom. The molecule has 0 saturated carbocycles. The maximum Gasteiger partial charge on any atom is 0.439 e. The van der Waals surface area contributed by atoms with E-state index in [2.05, 4.69) is 40.4 Å². The molecule has 40 heavy (non-hydrogen) atoms. The van der Waals surface area contributed by atoms with Crippen molar-refractivity contribution in [1.82, 2.24) is 40.4 Å². The first-order valence-electron chi connectivity index (χ1n) is 12.3. The van der Waals surface area contributed by atoms with Gasteiger partial charge in [-0.1, -0.05) is 29.4 Å². The number of aromatic amines is 2. The number of aromatic nitrogens is 6. The van der Waals surface area contributed by atoms with Crippen LogP contribution in [0.5, 0.6) is 0 Å². The molecule has 2 amide bonds. The van der Waals surface area contributed by atoms with Gasteiger partial charge in [-0.25, -0.2) is 28.6 Å². The molecule has 1 aliphatic rings. The highest BCUT2D eigenvalue weighted by Crippen LogP contribution is 2.33. The standard InChI is InChI=1S/C26H21FN8O5/c1-12-8-13(2-6-17(12)27)11-28-22(36)19-10-20(35-24(30-19)32-25(38)33-35)23(37)29-18-7-4-14-9-15(3-5-16(14)18)21-31-26(39)40-34-21/h2-3,5-6,8-10,18H,4,7,11H2,1H3,(H,28,36)(H,29,37)(H,33,38)(H,31,34,39)/t18-/m0/s1. The monoisotopic (exact) mass is 544 g/mol. The van der Waals surface area contributed by atoms with Crippen LogP contribution in [-0.2, 0) is 13.0 Å². The van der Waals surface area contributed by atoms with Crippen molar-refractivity contribution in [3.8, 4) is 11.4 Å². The molecular formula is C26H21FN8O5. The Labute approximate surface area is 223 Å². The summed E-state index contributed by atoms with van der Waals surface area (Å²) in [5.74, 6) is -1.98. The number of H-pyrrole nitrogens is 2. The first-order chi connectivity index (χ1) is 19.2. The summed E-state index contributed by atoms with van der Waals surface area (Å²) in [6.45, 7) is 1.72. The molecule has 0 aliphatic heterocycles. The van der Waals surface area contributed by atoms with Crippen LogP contribution in [0.2, 0.25) is 0 Å². The topological polar surface area (TPSA) is 180 Å². The summed E-state index contributed by atoms with van der Waals surface area (Å²) in [5, 5.41) is 11.8. The molecule has 3 heterocycles. The van der Waals surface area contributed by atoms with Crippen molar-refractivity contribution in [2.45, 2.75) is 32.4 Å². The second-order valence-corrected chi connectivity index (χ2v) is 9.38. The molecule has 0 bridgehead atoms. The molecule has 6 rings (SSSR count). The number of carbonyl (C=O) groups is 2. The smallest absolute Gasteiger partial charge is 0.347 e. The summed E-state index contributed by atoms with van der Waals surface area (Å²) >= 11 is 0. The molecule has 3 aromatic heterocycles. The molecule has 1 atom stereocenters. The van der Waals surface area contributed by atoms with Gasteiger partial charge in [-0.3, -0.25) is 19.1 Å². The summed E-state index contributed by atoms with van der Waals surface area (Å²) in [7, 11) is 0. The van der Waals surface area contributed by atoms with Crippen LogP contribution in [0.3, 0.4) is 0 Å². The van der Waals surface area contributed by atoms with Gasteiger partial charge in [-0.05, 0) is 54.2 Å². The zero-order chi connectivity index (χ0) is 28.0. The third kappa shape index (κ3) is 4.66. The Hall–Kier alpha value is -5.40. The molecule has 0 fully saturated rings. The maximum absolute atomic E-state index is 13.6. The zero-order valence-electron chi connectivity index (χ0n) is 20.9. The maximum atomic E-state index is 13.6. The molecular weight excluding hydrogens is 523 g/mol. The van der Waals surface area contributed by atoms with Gasteiger partial charge < -0.3 is 10.6 Å². The van der Waals surface area contributed by atoms with Crippen LogP contribution in [0.15, 0.2) is 56.6 Å². The predicted octanol–water partition coefficient (Wildman–Crippen LogP) is 1.56. The Balaban J connectivity index is 1.24. The summed E-state index contributed by atoms with van der Waals surface area (Å²) in [4.78, 5) is 59.9. The highest BCUT2D eigenvalue weighted by Gasteiger charge is 2.27. The van der Waals surface area contributed by atoms with E-state index >= 15 is 0 Å². The molecule has 4 N–H and O–H groups in total. The van der Waals surface area contributed by atoms with Crippen LogP contribution in [-0.4, -0.2) is 41.5 Å². The Morgan fingerprint density at radius 1 is 1.12 bits per heavy atom. The van der Waals surface area contributed by atoms with Crippen LogP contribution >= 0.6 is 0 Å². The number of nitrogens with zero attached hydrogens (tertiary/aromatic N) is 4. The molecule has 0 radical (unpaired) electrons. The lowest BCUT2D eigenvalue weighted by molar-refractivity contribution is 0.0929. The number of benzene rings is 2. The number of nitrogens with one attached hydrogen (secondary N) is 4. The van der Waals surface area contributed by atoms with E-state index in [0.717, 1.165) is 15.6 Å². The summed E-state index contributed by atoms with van der Waals surface area (Å²) in [6, 6.07) is 10.9. The second kappa shape index (κ2) is 9.72. The fourth-order valence-electron chi connectivity index (χ4n) is 4.76. The van der Waals surface area contributed by atoms with E-state index in [-0.39, 0.29) is 35.6 Å². The second-order valence-electron chi connectivity index (χ2n) is 9.38. The summed E-state index contributed by atoms with van der Waals surface area (Å²) in [5.41, 5.74) is 2.78. The highest BCUT2D eigenvalue weighted by molar-refractivity contribution is 5.98. The molecule has 2 aromatic carbocycles. The number of rotatable bonds is 6. The minimum atomic E-state index is -0.731. The van der Waals surface area contributed by atoms with E-state index in [9.17, 15) is 23.6 Å². The Kier molecular flexibility index (Phi) is 6.06. The third-order valence-electron chi connectivity index (χ3n) is 6.72. The van der Waals surface area contributed by atoms with Gasteiger partial charge >= 0.3 is 11.4 Å². The number of hydrogen-bond acceptors (Lipinski definition) is 8. The van der Waals surface area contributed by atoms with Crippen LogP contribution in [0.4, 0.5) is 4.39 Å². The largest absolute Gasteiger partial charge is 0.439 e. The summed E-state index contributed by atoms with van der Waals surface area (Å²) in [6.07, 6.45) is 1.28. The number of halogens is 1. The third-order valence-corrected chi connectivity index (χ3v) is 6.72. The number of aryl methyl sites for hydroxylation is 2. The average Bonchev–Trinajstić information content (AvgIpc) is 3.65. The first-order valence-corrected chi connectivity index (χ1v) is 12.3. The van der Waals surface area contributed by atoms with Crippen molar-refractivity contribution >= 4 is 17.6 Å². The van der Waals surface area contributed by atoms with E-state index in [0.29, 0.717) is 35.4 Å². The van der Waals surface area contributed by atoms with Crippen molar-refractivity contribution in [3.05, 3.63) is 103 Å². The molecule has 5 aromatic rings. The lowest BCUT2D eigenvalue weighted by Crippen LogP contribution is -2.31. The van der Waals surface area contributed by atoms with Crippen LogP contribution in [0.1, 0.15) is 55.7 Å². The molecule has 0 spiro atoms. The number of hydrogen-bond donors (Lipinski definition) is 4. The van der Waals surface area contributed by atoms with Crippen molar-refractivity contribution in [1.29, 1.82) is 0 Å². The van der Waals surface area contributed by atoms with E-state index in [1.807, 2.05) is 12.1 Å². The Morgan fingerprint density at radius 3 is 2.75 bits per heavy atom. The lowest BCUT2D eigenvalue weighted by Gasteiger charge is -2.15. The van der Waals surface area contributed by atoms with Crippen LogP contribution in [0.25, 0.3) is 17.2 Å². The Bertz CT molecular complexity index is 1920. The van der Waals surface area contributed by atoms with E-state index in [1.165, 1.54) is 12.1 Å². The SMILES string of the molecule is Cc1cc(CNC(=O)c2cc(C(=O)N[C@H]3CCc4cc(-c5noc(=O)[nH]5)ccc43)n3[nH]c(=O)nc3n2)ccc1F. The van der Waals surface area contributed by atoms with E-state index in [4.69, 9.17) is 0 Å². The average molecular weight is 545 g/mol. The van der Waals surface area contributed by atoms with Gasteiger partial charge in [0.1, 0.15) is 17.2 Å². The van der Waals surface area contributed by atoms with Crippen LogP contribution in [0, 0.1) is 12.7 Å².